The standard InChI is InChI=1S/C13H17NO2/c1-2-15-11-7-5-10(6-8-11)13(14)12-4-3-9-16-12/h4-8,13H,2-3,9,14H2,1H3. The second-order valence-electron chi connectivity index (χ2n) is 3.72. The molecule has 86 valence electrons. The summed E-state index contributed by atoms with van der Waals surface area (Å²) in [7, 11) is 0. The van der Waals surface area contributed by atoms with Gasteiger partial charge in [-0.3, -0.25) is 0 Å². The Hall–Kier alpha value is -1.48. The van der Waals surface area contributed by atoms with E-state index in [1.54, 1.807) is 0 Å². The van der Waals surface area contributed by atoms with Gasteiger partial charge in [-0.1, -0.05) is 12.1 Å². The van der Waals surface area contributed by atoms with Crippen LogP contribution < -0.4 is 10.5 Å². The predicted molar refractivity (Wildman–Crippen MR) is 63.2 cm³/mol. The van der Waals surface area contributed by atoms with Gasteiger partial charge in [0.1, 0.15) is 11.5 Å². The minimum atomic E-state index is -0.154. The van der Waals surface area contributed by atoms with Gasteiger partial charge in [0.25, 0.3) is 0 Å². The molecule has 3 nitrogen and oxygen atoms in total. The number of hydrogen-bond donors (Lipinski definition) is 1. The first kappa shape index (κ1) is 11.0. The Morgan fingerprint density at radius 1 is 1.38 bits per heavy atom. The highest BCUT2D eigenvalue weighted by molar-refractivity contribution is 5.32. The maximum Gasteiger partial charge on any atom is 0.119 e. The third-order valence-corrected chi connectivity index (χ3v) is 2.59. The zero-order valence-corrected chi connectivity index (χ0v) is 9.48. The van der Waals surface area contributed by atoms with Crippen molar-refractivity contribution in [1.82, 2.24) is 0 Å². The van der Waals surface area contributed by atoms with Crippen molar-refractivity contribution in [2.45, 2.75) is 19.4 Å². The molecule has 2 N–H and O–H groups in total. The van der Waals surface area contributed by atoms with Gasteiger partial charge in [-0.15, -0.1) is 0 Å². The third kappa shape index (κ3) is 2.36. The van der Waals surface area contributed by atoms with Gasteiger partial charge in [0, 0.05) is 6.42 Å². The summed E-state index contributed by atoms with van der Waals surface area (Å²) in [5, 5.41) is 0. The van der Waals surface area contributed by atoms with Crippen molar-refractivity contribution >= 4 is 0 Å². The van der Waals surface area contributed by atoms with E-state index in [2.05, 4.69) is 6.08 Å². The van der Waals surface area contributed by atoms with Crippen molar-refractivity contribution in [3.8, 4) is 5.75 Å². The molecule has 0 amide bonds. The Kier molecular flexibility index (Phi) is 3.47. The summed E-state index contributed by atoms with van der Waals surface area (Å²) in [6.45, 7) is 3.40. The Labute approximate surface area is 95.9 Å². The van der Waals surface area contributed by atoms with Crippen LogP contribution in [-0.2, 0) is 4.74 Å². The van der Waals surface area contributed by atoms with Gasteiger partial charge in [-0.2, -0.15) is 0 Å². The molecule has 1 aliphatic heterocycles. The fourth-order valence-electron chi connectivity index (χ4n) is 1.76. The maximum absolute atomic E-state index is 6.09. The average Bonchev–Trinajstić information content (AvgIpc) is 2.83. The van der Waals surface area contributed by atoms with Crippen LogP contribution in [0.4, 0.5) is 0 Å². The molecule has 1 heterocycles. The molecule has 1 unspecified atom stereocenters. The summed E-state index contributed by atoms with van der Waals surface area (Å²) in [5.41, 5.74) is 7.14. The Morgan fingerprint density at radius 3 is 2.69 bits per heavy atom. The summed E-state index contributed by atoms with van der Waals surface area (Å²) < 4.78 is 10.8. The van der Waals surface area contributed by atoms with Crippen LogP contribution in [-0.4, -0.2) is 13.2 Å². The molecule has 0 spiro atoms. The molecule has 1 aliphatic rings. The van der Waals surface area contributed by atoms with E-state index < -0.39 is 0 Å². The van der Waals surface area contributed by atoms with Crippen LogP contribution in [0, 0.1) is 0 Å². The molecule has 2 rings (SSSR count). The molecule has 1 aromatic carbocycles. The molecule has 0 saturated carbocycles. The lowest BCUT2D eigenvalue weighted by molar-refractivity contribution is 0.225. The summed E-state index contributed by atoms with van der Waals surface area (Å²) in [5.74, 6) is 1.75. The van der Waals surface area contributed by atoms with Gasteiger partial charge in [0.2, 0.25) is 0 Å². The predicted octanol–water partition coefficient (Wildman–Crippen LogP) is 2.39. The number of hydrogen-bond acceptors (Lipinski definition) is 3. The van der Waals surface area contributed by atoms with E-state index >= 15 is 0 Å². The van der Waals surface area contributed by atoms with Gasteiger partial charge in [0.15, 0.2) is 0 Å². The van der Waals surface area contributed by atoms with E-state index in [-0.39, 0.29) is 6.04 Å². The van der Waals surface area contributed by atoms with Gasteiger partial charge >= 0.3 is 0 Å². The fraction of sp³-hybridized carbons (Fsp3) is 0.385. The summed E-state index contributed by atoms with van der Waals surface area (Å²) in [6, 6.07) is 7.69. The second-order valence-corrected chi connectivity index (χ2v) is 3.72. The largest absolute Gasteiger partial charge is 0.496 e. The summed E-state index contributed by atoms with van der Waals surface area (Å²) >= 11 is 0. The molecule has 0 aliphatic carbocycles. The van der Waals surface area contributed by atoms with Crippen LogP contribution in [0.1, 0.15) is 24.9 Å². The van der Waals surface area contributed by atoms with Crippen molar-refractivity contribution in [3.63, 3.8) is 0 Å². The lowest BCUT2D eigenvalue weighted by Crippen LogP contribution is -2.13. The van der Waals surface area contributed by atoms with Gasteiger partial charge in [-0.25, -0.2) is 0 Å². The molecule has 0 bridgehead atoms. The Balaban J connectivity index is 2.08. The molecule has 0 fully saturated rings. The van der Waals surface area contributed by atoms with Crippen molar-refractivity contribution in [2.24, 2.45) is 5.73 Å². The van der Waals surface area contributed by atoms with Crippen LogP contribution in [0.15, 0.2) is 36.1 Å². The average molecular weight is 219 g/mol. The van der Waals surface area contributed by atoms with Crippen molar-refractivity contribution in [2.75, 3.05) is 13.2 Å². The number of nitrogens with two attached hydrogens (primary N) is 1. The highest BCUT2D eigenvalue weighted by atomic mass is 16.5. The van der Waals surface area contributed by atoms with E-state index in [1.165, 1.54) is 0 Å². The topological polar surface area (TPSA) is 44.5 Å². The van der Waals surface area contributed by atoms with Crippen LogP contribution >= 0.6 is 0 Å². The van der Waals surface area contributed by atoms with Gasteiger partial charge in [0.05, 0.1) is 19.3 Å². The molecule has 0 aromatic heterocycles. The molecular weight excluding hydrogens is 202 g/mol. The lowest BCUT2D eigenvalue weighted by atomic mass is 10.1. The second kappa shape index (κ2) is 5.03. The molecule has 0 radical (unpaired) electrons. The lowest BCUT2D eigenvalue weighted by Gasteiger charge is -2.14. The van der Waals surface area contributed by atoms with E-state index in [4.69, 9.17) is 15.2 Å². The summed E-state index contributed by atoms with van der Waals surface area (Å²) in [6.07, 6.45) is 3.02. The highest BCUT2D eigenvalue weighted by Gasteiger charge is 2.16. The zero-order chi connectivity index (χ0) is 11.4. The highest BCUT2D eigenvalue weighted by Crippen LogP contribution is 2.25. The van der Waals surface area contributed by atoms with Crippen LogP contribution in [0.2, 0.25) is 0 Å². The normalized spacial score (nSPS) is 16.5. The molecular formula is C13H17NO2. The van der Waals surface area contributed by atoms with Crippen molar-refractivity contribution in [1.29, 1.82) is 0 Å². The number of benzene rings is 1. The van der Waals surface area contributed by atoms with Crippen LogP contribution in [0.25, 0.3) is 0 Å². The molecule has 1 atom stereocenters. The molecule has 0 saturated heterocycles. The van der Waals surface area contributed by atoms with Crippen LogP contribution in [0.3, 0.4) is 0 Å². The first-order valence-corrected chi connectivity index (χ1v) is 5.62. The van der Waals surface area contributed by atoms with E-state index in [0.717, 1.165) is 30.1 Å². The van der Waals surface area contributed by atoms with Gasteiger partial charge < -0.3 is 15.2 Å². The minimum Gasteiger partial charge on any atom is -0.496 e. The minimum absolute atomic E-state index is 0.154. The number of rotatable bonds is 4. The molecule has 3 heteroatoms. The van der Waals surface area contributed by atoms with E-state index in [9.17, 15) is 0 Å². The first-order chi connectivity index (χ1) is 7.81. The first-order valence-electron chi connectivity index (χ1n) is 5.62. The van der Waals surface area contributed by atoms with E-state index in [0.29, 0.717) is 6.61 Å². The smallest absolute Gasteiger partial charge is 0.119 e. The van der Waals surface area contributed by atoms with Crippen molar-refractivity contribution in [3.05, 3.63) is 41.7 Å². The monoisotopic (exact) mass is 219 g/mol. The molecule has 1 aromatic rings. The quantitative estimate of drug-likeness (QED) is 0.845. The Morgan fingerprint density at radius 2 is 2.12 bits per heavy atom. The molecule has 16 heavy (non-hydrogen) atoms. The SMILES string of the molecule is CCOc1ccc(C(N)C2=CCCO2)cc1. The van der Waals surface area contributed by atoms with Crippen LogP contribution in [0.5, 0.6) is 5.75 Å². The summed E-state index contributed by atoms with van der Waals surface area (Å²) in [4.78, 5) is 0. The fourth-order valence-corrected chi connectivity index (χ4v) is 1.76. The van der Waals surface area contributed by atoms with Crippen molar-refractivity contribution < 1.29 is 9.47 Å². The number of ether oxygens (including phenoxy) is 2. The van der Waals surface area contributed by atoms with E-state index in [1.807, 2.05) is 31.2 Å². The Bertz CT molecular complexity index is 370. The third-order valence-electron chi connectivity index (χ3n) is 2.59. The zero-order valence-electron chi connectivity index (χ0n) is 9.48. The maximum atomic E-state index is 6.09. The van der Waals surface area contributed by atoms with Gasteiger partial charge in [-0.05, 0) is 30.7 Å².